The predicted molar refractivity (Wildman–Crippen MR) is 110 cm³/mol. The number of methoxy groups -OCH3 is 2. The van der Waals surface area contributed by atoms with E-state index in [-0.39, 0.29) is 30.5 Å². The lowest BCUT2D eigenvalue weighted by atomic mass is 10.3. The zero-order valence-electron chi connectivity index (χ0n) is 15.7. The number of nitrogens with one attached hydrogen (secondary N) is 2. The summed E-state index contributed by atoms with van der Waals surface area (Å²) in [6.07, 6.45) is -4.48. The van der Waals surface area contributed by atoms with Crippen molar-refractivity contribution >= 4 is 29.9 Å². The molecule has 1 rings (SSSR count). The molecule has 0 saturated heterocycles. The van der Waals surface area contributed by atoms with Crippen molar-refractivity contribution in [1.82, 2.24) is 10.6 Å². The Bertz CT molecular complexity index is 550. The highest BCUT2D eigenvalue weighted by atomic mass is 127. The van der Waals surface area contributed by atoms with E-state index in [2.05, 4.69) is 15.6 Å². The number of ether oxygens (including phenoxy) is 3. The van der Waals surface area contributed by atoms with Crippen LogP contribution in [-0.2, 0) is 0 Å². The maximum absolute atomic E-state index is 12.2. The van der Waals surface area contributed by atoms with Crippen LogP contribution in [0, 0.1) is 0 Å². The Morgan fingerprint density at radius 3 is 2.15 bits per heavy atom. The Hall–Kier alpha value is -1.59. The standard InChI is InChI=1S/C17H26F3N3O3.HI/c1-4-21-16(23-8-6-17(18,19)20)22-7-5-9-26-15-11-13(24-2)10-14(12-15)25-3;/h10-12H,4-9H2,1-3H3,(H2,21,22,23);1H. The number of halogens is 4. The quantitative estimate of drug-likeness (QED) is 0.220. The largest absolute Gasteiger partial charge is 0.496 e. The van der Waals surface area contributed by atoms with Gasteiger partial charge in [-0.1, -0.05) is 0 Å². The fraction of sp³-hybridized carbons (Fsp3) is 0.588. The van der Waals surface area contributed by atoms with Gasteiger partial charge in [0.25, 0.3) is 0 Å². The summed E-state index contributed by atoms with van der Waals surface area (Å²) in [6, 6.07) is 5.23. The molecular formula is C17H27F3IN3O3. The monoisotopic (exact) mass is 505 g/mol. The number of hydrogen-bond acceptors (Lipinski definition) is 4. The second-order valence-corrected chi connectivity index (χ2v) is 5.30. The third-order valence-electron chi connectivity index (χ3n) is 3.21. The van der Waals surface area contributed by atoms with Gasteiger partial charge in [0.15, 0.2) is 5.96 Å². The van der Waals surface area contributed by atoms with E-state index in [4.69, 9.17) is 14.2 Å². The van der Waals surface area contributed by atoms with Crippen LogP contribution in [-0.4, -0.2) is 52.6 Å². The molecular weight excluding hydrogens is 478 g/mol. The third-order valence-corrected chi connectivity index (χ3v) is 3.21. The number of alkyl halides is 3. The summed E-state index contributed by atoms with van der Waals surface area (Å²) in [7, 11) is 3.11. The summed E-state index contributed by atoms with van der Waals surface area (Å²) in [5, 5.41) is 5.57. The molecule has 10 heteroatoms. The van der Waals surface area contributed by atoms with Crippen molar-refractivity contribution in [2.75, 3.05) is 40.5 Å². The minimum absolute atomic E-state index is 0. The van der Waals surface area contributed by atoms with Crippen LogP contribution in [0.4, 0.5) is 13.2 Å². The van der Waals surface area contributed by atoms with Gasteiger partial charge in [0.1, 0.15) is 17.2 Å². The molecule has 2 N–H and O–H groups in total. The summed E-state index contributed by atoms with van der Waals surface area (Å²) in [4.78, 5) is 4.23. The summed E-state index contributed by atoms with van der Waals surface area (Å²) >= 11 is 0. The van der Waals surface area contributed by atoms with E-state index in [1.807, 2.05) is 6.92 Å². The fourth-order valence-corrected chi connectivity index (χ4v) is 1.97. The van der Waals surface area contributed by atoms with Gasteiger partial charge in [0.05, 0.1) is 27.2 Å². The predicted octanol–water partition coefficient (Wildman–Crippen LogP) is 3.60. The molecule has 0 aromatic heterocycles. The normalized spacial score (nSPS) is 11.4. The van der Waals surface area contributed by atoms with E-state index < -0.39 is 12.6 Å². The van der Waals surface area contributed by atoms with Crippen LogP contribution in [0.1, 0.15) is 19.8 Å². The van der Waals surface area contributed by atoms with Crippen LogP contribution in [0.2, 0.25) is 0 Å². The highest BCUT2D eigenvalue weighted by Crippen LogP contribution is 2.27. The molecule has 0 fully saturated rings. The summed E-state index contributed by atoms with van der Waals surface area (Å²) < 4.78 is 52.5. The van der Waals surface area contributed by atoms with Gasteiger partial charge >= 0.3 is 6.18 Å². The molecule has 0 heterocycles. The van der Waals surface area contributed by atoms with Gasteiger partial charge in [0.2, 0.25) is 0 Å². The molecule has 1 aromatic carbocycles. The topological polar surface area (TPSA) is 64.1 Å². The zero-order valence-corrected chi connectivity index (χ0v) is 18.0. The Morgan fingerprint density at radius 1 is 1.04 bits per heavy atom. The van der Waals surface area contributed by atoms with E-state index in [9.17, 15) is 13.2 Å². The molecule has 0 amide bonds. The van der Waals surface area contributed by atoms with Crippen LogP contribution < -0.4 is 24.8 Å². The van der Waals surface area contributed by atoms with Gasteiger partial charge < -0.3 is 24.8 Å². The van der Waals surface area contributed by atoms with Crippen LogP contribution in [0.3, 0.4) is 0 Å². The first-order valence-electron chi connectivity index (χ1n) is 8.32. The Kier molecular flexibility index (Phi) is 12.8. The molecule has 27 heavy (non-hydrogen) atoms. The second kappa shape index (κ2) is 13.6. The summed E-state index contributed by atoms with van der Waals surface area (Å²) in [6.45, 7) is 3.03. The second-order valence-electron chi connectivity index (χ2n) is 5.30. The smallest absolute Gasteiger partial charge is 0.390 e. The van der Waals surface area contributed by atoms with E-state index in [1.165, 1.54) is 0 Å². The Balaban J connectivity index is 0.00000676. The maximum Gasteiger partial charge on any atom is 0.390 e. The molecule has 0 unspecified atom stereocenters. The average Bonchev–Trinajstić information content (AvgIpc) is 2.59. The van der Waals surface area contributed by atoms with Gasteiger partial charge in [0, 0.05) is 44.3 Å². The number of hydrogen-bond donors (Lipinski definition) is 2. The Labute approximate surface area is 174 Å². The number of rotatable bonds is 10. The van der Waals surface area contributed by atoms with E-state index in [1.54, 1.807) is 32.4 Å². The molecule has 1 aromatic rings. The fourth-order valence-electron chi connectivity index (χ4n) is 1.97. The first-order chi connectivity index (χ1) is 12.4. The highest BCUT2D eigenvalue weighted by Gasteiger charge is 2.26. The molecule has 0 aliphatic heterocycles. The van der Waals surface area contributed by atoms with E-state index >= 15 is 0 Å². The lowest BCUT2D eigenvalue weighted by molar-refractivity contribution is -0.132. The number of aliphatic imine (C=N–C) groups is 1. The van der Waals surface area contributed by atoms with Crippen molar-refractivity contribution in [3.8, 4) is 17.2 Å². The van der Waals surface area contributed by atoms with E-state index in [0.29, 0.717) is 49.3 Å². The molecule has 6 nitrogen and oxygen atoms in total. The van der Waals surface area contributed by atoms with Crippen molar-refractivity contribution in [3.63, 3.8) is 0 Å². The SMILES string of the molecule is CCNC(=NCCCOc1cc(OC)cc(OC)c1)NCCC(F)(F)F.I. The molecule has 0 aliphatic rings. The maximum atomic E-state index is 12.2. The minimum Gasteiger partial charge on any atom is -0.496 e. The van der Waals surface area contributed by atoms with Gasteiger partial charge in [-0.25, -0.2) is 0 Å². The summed E-state index contributed by atoms with van der Waals surface area (Å²) in [5.74, 6) is 2.22. The number of benzene rings is 1. The van der Waals surface area contributed by atoms with Crippen LogP contribution >= 0.6 is 24.0 Å². The molecule has 156 valence electrons. The van der Waals surface area contributed by atoms with Gasteiger partial charge in [-0.2, -0.15) is 13.2 Å². The van der Waals surface area contributed by atoms with Crippen molar-refractivity contribution < 1.29 is 27.4 Å². The van der Waals surface area contributed by atoms with Crippen LogP contribution in [0.25, 0.3) is 0 Å². The first-order valence-corrected chi connectivity index (χ1v) is 8.32. The van der Waals surface area contributed by atoms with Gasteiger partial charge in [-0.15, -0.1) is 24.0 Å². The molecule has 0 saturated carbocycles. The molecule has 0 bridgehead atoms. The van der Waals surface area contributed by atoms with E-state index in [0.717, 1.165) is 0 Å². The van der Waals surface area contributed by atoms with Gasteiger partial charge in [-0.05, 0) is 6.92 Å². The average molecular weight is 505 g/mol. The van der Waals surface area contributed by atoms with Crippen LogP contribution in [0.5, 0.6) is 17.2 Å². The number of guanidine groups is 1. The number of nitrogens with zero attached hydrogens (tertiary/aromatic N) is 1. The lowest BCUT2D eigenvalue weighted by Gasteiger charge is -2.12. The molecule has 0 spiro atoms. The molecule has 0 aliphatic carbocycles. The molecule has 0 radical (unpaired) electrons. The van der Waals surface area contributed by atoms with Crippen molar-refractivity contribution in [1.29, 1.82) is 0 Å². The third kappa shape index (κ3) is 11.7. The minimum atomic E-state index is -4.18. The summed E-state index contributed by atoms with van der Waals surface area (Å²) in [5.41, 5.74) is 0. The lowest BCUT2D eigenvalue weighted by Crippen LogP contribution is -2.39. The molecule has 0 atom stereocenters. The van der Waals surface area contributed by atoms with Crippen molar-refractivity contribution in [2.24, 2.45) is 4.99 Å². The zero-order chi connectivity index (χ0) is 19.4. The van der Waals surface area contributed by atoms with Crippen molar-refractivity contribution in [3.05, 3.63) is 18.2 Å². The van der Waals surface area contributed by atoms with Gasteiger partial charge in [-0.3, -0.25) is 4.99 Å². The first kappa shape index (κ1) is 25.4. The Morgan fingerprint density at radius 2 is 1.63 bits per heavy atom. The highest BCUT2D eigenvalue weighted by molar-refractivity contribution is 14.0. The van der Waals surface area contributed by atoms with Crippen molar-refractivity contribution in [2.45, 2.75) is 25.9 Å². The van der Waals surface area contributed by atoms with Crippen LogP contribution in [0.15, 0.2) is 23.2 Å².